The number of benzene rings is 1. The fourth-order valence-corrected chi connectivity index (χ4v) is 3.30. The summed E-state index contributed by atoms with van der Waals surface area (Å²) in [6, 6.07) is 2.22. The summed E-state index contributed by atoms with van der Waals surface area (Å²) >= 11 is 6.34. The van der Waals surface area contributed by atoms with Crippen molar-refractivity contribution in [1.82, 2.24) is 19.6 Å². The van der Waals surface area contributed by atoms with Gasteiger partial charge in [-0.15, -0.1) is 0 Å². The molecule has 0 atom stereocenters. The molecule has 4 rings (SSSR count). The molecule has 2 aromatic heterocycles. The number of anilines is 1. The van der Waals surface area contributed by atoms with Gasteiger partial charge in [-0.2, -0.15) is 19.6 Å². The molecular weight excluding hydrogens is 364 g/mol. The number of nitrogens with zero attached hydrogens (tertiary/aromatic N) is 5. The smallest absolute Gasteiger partial charge is 0.255 e. The van der Waals surface area contributed by atoms with Crippen molar-refractivity contribution in [2.45, 2.75) is 6.42 Å². The van der Waals surface area contributed by atoms with E-state index in [1.807, 2.05) is 17.7 Å². The lowest BCUT2D eigenvalue weighted by Crippen LogP contribution is -2.32. The lowest BCUT2D eigenvalue weighted by molar-refractivity contribution is 0.407. The van der Waals surface area contributed by atoms with Gasteiger partial charge in [-0.25, -0.2) is 8.78 Å². The molecule has 1 fully saturated rings. The van der Waals surface area contributed by atoms with Crippen LogP contribution in [0, 0.1) is 24.5 Å². The summed E-state index contributed by atoms with van der Waals surface area (Å²) in [6.45, 7) is 1.21. The lowest BCUT2D eigenvalue weighted by atomic mass is 10.0. The molecule has 134 valence electrons. The first-order valence-corrected chi connectivity index (χ1v) is 8.30. The van der Waals surface area contributed by atoms with Gasteiger partial charge >= 0.3 is 0 Å². The molecular formula is C17H14ClF2N5O. The van der Waals surface area contributed by atoms with E-state index in [1.165, 1.54) is 18.0 Å². The van der Waals surface area contributed by atoms with Gasteiger partial charge in [-0.3, -0.25) is 0 Å². The van der Waals surface area contributed by atoms with Crippen LogP contribution in [0.25, 0.3) is 16.9 Å². The largest absolute Gasteiger partial charge is 0.497 e. The van der Waals surface area contributed by atoms with E-state index in [1.54, 1.807) is 0 Å². The third kappa shape index (κ3) is 2.74. The van der Waals surface area contributed by atoms with Crippen molar-refractivity contribution in [1.29, 1.82) is 0 Å². The normalized spacial score (nSPS) is 14.8. The Hall–Kier alpha value is -2.48. The SMILES string of the molecule is COc1cc(F)c(-c2c(Cl)nc3ncnn3c2N2C[CH][CH]CC2)c(F)c1. The Morgan fingerprint density at radius 1 is 1.15 bits per heavy atom. The van der Waals surface area contributed by atoms with Gasteiger partial charge in [-0.05, 0) is 19.3 Å². The number of piperidine rings is 1. The summed E-state index contributed by atoms with van der Waals surface area (Å²) in [5.41, 5.74) is -0.136. The number of methoxy groups -OCH3 is 1. The van der Waals surface area contributed by atoms with Crippen LogP contribution in [0.1, 0.15) is 6.42 Å². The second kappa shape index (κ2) is 6.68. The first kappa shape index (κ1) is 17.0. The number of halogens is 3. The molecule has 1 aliphatic rings. The molecule has 1 aromatic carbocycles. The molecule has 6 nitrogen and oxygen atoms in total. The summed E-state index contributed by atoms with van der Waals surface area (Å²) in [7, 11) is 1.34. The van der Waals surface area contributed by atoms with Gasteiger partial charge in [0.25, 0.3) is 5.78 Å². The van der Waals surface area contributed by atoms with Gasteiger partial charge in [0.2, 0.25) is 0 Å². The maximum atomic E-state index is 14.8. The minimum Gasteiger partial charge on any atom is -0.497 e. The Balaban J connectivity index is 2.02. The average molecular weight is 378 g/mol. The van der Waals surface area contributed by atoms with E-state index >= 15 is 0 Å². The van der Waals surface area contributed by atoms with Gasteiger partial charge in [0.1, 0.15) is 34.7 Å². The highest BCUT2D eigenvalue weighted by Gasteiger charge is 2.28. The van der Waals surface area contributed by atoms with E-state index in [2.05, 4.69) is 15.1 Å². The van der Waals surface area contributed by atoms with E-state index in [9.17, 15) is 8.78 Å². The molecule has 26 heavy (non-hydrogen) atoms. The van der Waals surface area contributed by atoms with Crippen LogP contribution >= 0.6 is 11.6 Å². The van der Waals surface area contributed by atoms with Crippen LogP contribution in [-0.4, -0.2) is 39.8 Å². The molecule has 0 amide bonds. The molecule has 0 unspecified atom stereocenters. The Morgan fingerprint density at radius 3 is 2.58 bits per heavy atom. The van der Waals surface area contributed by atoms with Gasteiger partial charge < -0.3 is 9.64 Å². The number of aromatic nitrogens is 4. The molecule has 3 heterocycles. The van der Waals surface area contributed by atoms with Crippen molar-refractivity contribution in [2.75, 3.05) is 25.1 Å². The van der Waals surface area contributed by atoms with Crippen molar-refractivity contribution >= 4 is 23.2 Å². The predicted octanol–water partition coefficient (Wildman–Crippen LogP) is 3.35. The van der Waals surface area contributed by atoms with Crippen LogP contribution < -0.4 is 9.64 Å². The zero-order chi connectivity index (χ0) is 18.3. The van der Waals surface area contributed by atoms with Crippen LogP contribution in [0.4, 0.5) is 14.6 Å². The first-order valence-electron chi connectivity index (χ1n) is 7.92. The highest BCUT2D eigenvalue weighted by atomic mass is 35.5. The molecule has 1 saturated heterocycles. The van der Waals surface area contributed by atoms with Crippen LogP contribution in [0.3, 0.4) is 0 Å². The summed E-state index contributed by atoms with van der Waals surface area (Å²) in [6.07, 6.45) is 6.15. The van der Waals surface area contributed by atoms with Crippen molar-refractivity contribution in [2.24, 2.45) is 0 Å². The van der Waals surface area contributed by atoms with Crippen molar-refractivity contribution in [3.63, 3.8) is 0 Å². The van der Waals surface area contributed by atoms with E-state index in [4.69, 9.17) is 16.3 Å². The van der Waals surface area contributed by atoms with E-state index in [0.29, 0.717) is 18.9 Å². The molecule has 9 heteroatoms. The fraction of sp³-hybridized carbons (Fsp3) is 0.235. The highest BCUT2D eigenvalue weighted by Crippen LogP contribution is 2.40. The number of hydrogen-bond donors (Lipinski definition) is 0. The van der Waals surface area contributed by atoms with Crippen LogP contribution in [0.5, 0.6) is 5.75 Å². The molecule has 1 aliphatic heterocycles. The number of rotatable bonds is 3. The molecule has 0 bridgehead atoms. The van der Waals surface area contributed by atoms with Crippen LogP contribution in [0.2, 0.25) is 5.15 Å². The van der Waals surface area contributed by atoms with Gasteiger partial charge in [0.15, 0.2) is 0 Å². The van der Waals surface area contributed by atoms with E-state index in [-0.39, 0.29) is 27.8 Å². The number of ether oxygens (including phenoxy) is 1. The highest BCUT2D eigenvalue weighted by molar-refractivity contribution is 6.33. The predicted molar refractivity (Wildman–Crippen MR) is 93.1 cm³/mol. The maximum Gasteiger partial charge on any atom is 0.255 e. The standard InChI is InChI=1S/C17H14ClF2N5O/c1-26-10-7-11(19)13(12(20)8-10)14-15(18)23-17-21-9-22-25(17)16(14)24-5-3-2-4-6-24/h2-3,7-9H,4-6H2,1H3. The number of fused-ring (bicyclic) bond motifs is 1. The lowest BCUT2D eigenvalue weighted by Gasteiger charge is -2.30. The molecule has 2 radical (unpaired) electrons. The van der Waals surface area contributed by atoms with Gasteiger partial charge in [0.05, 0.1) is 18.2 Å². The van der Waals surface area contributed by atoms with E-state index in [0.717, 1.165) is 18.6 Å². The second-order valence-corrected chi connectivity index (χ2v) is 6.10. The quantitative estimate of drug-likeness (QED) is 0.655. The third-order valence-electron chi connectivity index (χ3n) is 4.22. The van der Waals surface area contributed by atoms with Crippen molar-refractivity contribution < 1.29 is 13.5 Å². The third-order valence-corrected chi connectivity index (χ3v) is 4.49. The van der Waals surface area contributed by atoms with Crippen LogP contribution in [-0.2, 0) is 0 Å². The first-order chi connectivity index (χ1) is 12.6. The van der Waals surface area contributed by atoms with Crippen LogP contribution in [0.15, 0.2) is 18.5 Å². The Labute approximate surface area is 153 Å². The van der Waals surface area contributed by atoms with Gasteiger partial charge in [-0.1, -0.05) is 11.6 Å². The summed E-state index contributed by atoms with van der Waals surface area (Å²) in [5.74, 6) is -0.794. The minimum atomic E-state index is -0.793. The second-order valence-electron chi connectivity index (χ2n) is 5.75. The molecule has 0 spiro atoms. The zero-order valence-electron chi connectivity index (χ0n) is 13.8. The Morgan fingerprint density at radius 2 is 1.92 bits per heavy atom. The minimum absolute atomic E-state index is 0.0435. The van der Waals surface area contributed by atoms with Gasteiger partial charge in [0, 0.05) is 25.2 Å². The Bertz CT molecular complexity index is 948. The maximum absolute atomic E-state index is 14.8. The average Bonchev–Trinajstić information content (AvgIpc) is 3.09. The summed E-state index contributed by atoms with van der Waals surface area (Å²) < 4.78 is 35.9. The van der Waals surface area contributed by atoms with Crippen molar-refractivity contribution in [3.8, 4) is 16.9 Å². The molecule has 0 saturated carbocycles. The summed E-state index contributed by atoms with van der Waals surface area (Å²) in [5, 5.41) is 4.12. The zero-order valence-corrected chi connectivity index (χ0v) is 14.5. The van der Waals surface area contributed by atoms with Crippen molar-refractivity contribution in [3.05, 3.63) is 48.1 Å². The Kier molecular flexibility index (Phi) is 4.36. The fourth-order valence-electron chi connectivity index (χ4n) is 3.05. The molecule has 0 aliphatic carbocycles. The topological polar surface area (TPSA) is 55.6 Å². The molecule has 3 aromatic rings. The number of hydrogen-bond acceptors (Lipinski definition) is 5. The summed E-state index contributed by atoms with van der Waals surface area (Å²) in [4.78, 5) is 10.1. The monoisotopic (exact) mass is 377 g/mol. The van der Waals surface area contributed by atoms with E-state index < -0.39 is 11.6 Å². The molecule has 0 N–H and O–H groups in total.